The predicted molar refractivity (Wildman–Crippen MR) is 133 cm³/mol. The van der Waals surface area contributed by atoms with Gasteiger partial charge in [-0.1, -0.05) is 43.3 Å². The average Bonchev–Trinajstić information content (AvgIpc) is 3.31. The SMILES string of the molecule is CCOc1ccc(S(=O)(=O)c2nc(-c3cccc4ccccc34)oc2N2CCC(C)CC2)cc1. The van der Waals surface area contributed by atoms with Gasteiger partial charge in [-0.15, -0.1) is 0 Å². The Morgan fingerprint density at radius 3 is 2.44 bits per heavy atom. The van der Waals surface area contributed by atoms with Gasteiger partial charge in [-0.3, -0.25) is 0 Å². The van der Waals surface area contributed by atoms with Gasteiger partial charge in [-0.05, 0) is 66.8 Å². The molecule has 0 bridgehead atoms. The van der Waals surface area contributed by atoms with Crippen LogP contribution >= 0.6 is 0 Å². The Morgan fingerprint density at radius 2 is 1.71 bits per heavy atom. The van der Waals surface area contributed by atoms with Crippen LogP contribution in [0.2, 0.25) is 0 Å². The average molecular weight is 477 g/mol. The number of hydrogen-bond donors (Lipinski definition) is 0. The molecule has 6 nitrogen and oxygen atoms in total. The van der Waals surface area contributed by atoms with Crippen LogP contribution in [0.3, 0.4) is 0 Å². The van der Waals surface area contributed by atoms with Gasteiger partial charge in [-0.2, -0.15) is 4.98 Å². The van der Waals surface area contributed by atoms with Crippen LogP contribution in [-0.2, 0) is 9.84 Å². The largest absolute Gasteiger partial charge is 0.494 e. The first-order valence-electron chi connectivity index (χ1n) is 11.7. The molecule has 0 spiro atoms. The lowest BCUT2D eigenvalue weighted by molar-refractivity contribution is 0.340. The number of sulfone groups is 1. The van der Waals surface area contributed by atoms with Crippen LogP contribution in [-0.4, -0.2) is 33.1 Å². The molecule has 3 aromatic carbocycles. The highest BCUT2D eigenvalue weighted by molar-refractivity contribution is 7.91. The molecule has 5 rings (SSSR count). The summed E-state index contributed by atoms with van der Waals surface area (Å²) in [6, 6.07) is 20.3. The van der Waals surface area contributed by atoms with Crippen molar-refractivity contribution in [2.24, 2.45) is 5.92 Å². The number of aromatic nitrogens is 1. The molecular formula is C27H28N2O4S. The summed E-state index contributed by atoms with van der Waals surface area (Å²) in [5, 5.41) is 1.98. The van der Waals surface area contributed by atoms with E-state index < -0.39 is 9.84 Å². The lowest BCUT2D eigenvalue weighted by atomic mass is 9.99. The molecule has 1 aliphatic rings. The molecule has 34 heavy (non-hydrogen) atoms. The molecule has 0 N–H and O–H groups in total. The van der Waals surface area contributed by atoms with E-state index in [1.807, 2.05) is 54.3 Å². The molecule has 1 aromatic heterocycles. The zero-order valence-corrected chi connectivity index (χ0v) is 20.2. The van der Waals surface area contributed by atoms with Crippen LogP contribution < -0.4 is 9.64 Å². The number of benzene rings is 3. The van der Waals surface area contributed by atoms with Crippen molar-refractivity contribution in [1.29, 1.82) is 0 Å². The topological polar surface area (TPSA) is 72.6 Å². The fourth-order valence-corrected chi connectivity index (χ4v) is 5.73. The molecular weight excluding hydrogens is 448 g/mol. The van der Waals surface area contributed by atoms with E-state index in [-0.39, 0.29) is 9.92 Å². The minimum atomic E-state index is -3.91. The van der Waals surface area contributed by atoms with Crippen molar-refractivity contribution >= 4 is 26.5 Å². The highest BCUT2D eigenvalue weighted by atomic mass is 32.2. The normalized spacial score (nSPS) is 15.1. The van der Waals surface area contributed by atoms with Crippen molar-refractivity contribution in [3.05, 3.63) is 66.7 Å². The lowest BCUT2D eigenvalue weighted by Crippen LogP contribution is -2.33. The summed E-state index contributed by atoms with van der Waals surface area (Å²) < 4.78 is 39.2. The number of ether oxygens (including phenoxy) is 1. The maximum Gasteiger partial charge on any atom is 0.236 e. The first-order chi connectivity index (χ1) is 16.5. The molecule has 7 heteroatoms. The fraction of sp³-hybridized carbons (Fsp3) is 0.296. The summed E-state index contributed by atoms with van der Waals surface area (Å²) in [4.78, 5) is 6.79. The number of hydrogen-bond acceptors (Lipinski definition) is 6. The molecule has 176 valence electrons. The third-order valence-corrected chi connectivity index (χ3v) is 8.04. The van der Waals surface area contributed by atoms with Gasteiger partial charge in [0.15, 0.2) is 0 Å². The van der Waals surface area contributed by atoms with Crippen molar-refractivity contribution in [3.63, 3.8) is 0 Å². The number of piperidine rings is 1. The monoisotopic (exact) mass is 476 g/mol. The summed E-state index contributed by atoms with van der Waals surface area (Å²) in [6.07, 6.45) is 1.96. The van der Waals surface area contributed by atoms with E-state index in [2.05, 4.69) is 11.9 Å². The van der Waals surface area contributed by atoms with E-state index in [0.717, 1.165) is 42.3 Å². The van der Waals surface area contributed by atoms with Gasteiger partial charge < -0.3 is 14.1 Å². The third kappa shape index (κ3) is 4.16. The maximum absolute atomic E-state index is 13.7. The van der Waals surface area contributed by atoms with Crippen molar-refractivity contribution in [2.45, 2.75) is 36.6 Å². The van der Waals surface area contributed by atoms with E-state index in [0.29, 0.717) is 30.0 Å². The molecule has 0 radical (unpaired) electrons. The van der Waals surface area contributed by atoms with Crippen molar-refractivity contribution in [2.75, 3.05) is 24.6 Å². The van der Waals surface area contributed by atoms with Crippen LogP contribution in [0.1, 0.15) is 26.7 Å². The minimum Gasteiger partial charge on any atom is -0.494 e. The number of anilines is 1. The van der Waals surface area contributed by atoms with Gasteiger partial charge in [0.1, 0.15) is 5.75 Å². The van der Waals surface area contributed by atoms with E-state index >= 15 is 0 Å². The molecule has 1 saturated heterocycles. The summed E-state index contributed by atoms with van der Waals surface area (Å²) in [5.74, 6) is 1.87. The highest BCUT2D eigenvalue weighted by Gasteiger charge is 2.33. The second-order valence-corrected chi connectivity index (χ2v) is 10.6. The van der Waals surface area contributed by atoms with Crippen molar-refractivity contribution in [3.8, 4) is 17.2 Å². The Kier molecular flexibility index (Phi) is 6.04. The minimum absolute atomic E-state index is 0.0332. The van der Waals surface area contributed by atoms with Gasteiger partial charge >= 0.3 is 0 Å². The molecule has 0 aliphatic carbocycles. The van der Waals surface area contributed by atoms with Crippen LogP contribution in [0.5, 0.6) is 5.75 Å². The molecule has 1 aliphatic heterocycles. The highest BCUT2D eigenvalue weighted by Crippen LogP contribution is 2.38. The van der Waals surface area contributed by atoms with Crippen LogP contribution in [0.4, 0.5) is 5.88 Å². The Labute approximate surface area is 200 Å². The van der Waals surface area contributed by atoms with Gasteiger partial charge in [0, 0.05) is 18.7 Å². The molecule has 0 amide bonds. The van der Waals surface area contributed by atoms with Gasteiger partial charge in [0.05, 0.1) is 11.5 Å². The first-order valence-corrected chi connectivity index (χ1v) is 13.2. The Balaban J connectivity index is 1.64. The molecule has 0 atom stereocenters. The molecule has 4 aromatic rings. The zero-order valence-electron chi connectivity index (χ0n) is 19.4. The number of fused-ring (bicyclic) bond motifs is 1. The van der Waals surface area contributed by atoms with E-state index in [1.165, 1.54) is 0 Å². The molecule has 0 unspecified atom stereocenters. The van der Waals surface area contributed by atoms with E-state index in [9.17, 15) is 8.42 Å². The standard InChI is InChI=1S/C27H28N2O4S/c1-3-32-21-11-13-22(14-12-21)34(30,31)26-27(29-17-15-19(2)16-18-29)33-25(28-26)24-10-6-8-20-7-4-5-9-23(20)24/h4-14,19H,3,15-18H2,1-2H3. The number of oxazole rings is 1. The van der Waals surface area contributed by atoms with Crippen LogP contribution in [0.25, 0.3) is 22.2 Å². The van der Waals surface area contributed by atoms with Gasteiger partial charge in [0.2, 0.25) is 26.6 Å². The van der Waals surface area contributed by atoms with Gasteiger partial charge in [-0.25, -0.2) is 8.42 Å². The number of rotatable bonds is 6. The second kappa shape index (κ2) is 9.14. The summed E-state index contributed by atoms with van der Waals surface area (Å²) in [6.45, 7) is 6.09. The van der Waals surface area contributed by atoms with E-state index in [4.69, 9.17) is 9.15 Å². The fourth-order valence-electron chi connectivity index (χ4n) is 4.41. The van der Waals surface area contributed by atoms with Crippen LogP contribution in [0.15, 0.2) is 81.1 Å². The second-order valence-electron chi connectivity index (χ2n) is 8.73. The Bertz CT molecular complexity index is 1400. The lowest BCUT2D eigenvalue weighted by Gasteiger charge is -2.30. The van der Waals surface area contributed by atoms with Gasteiger partial charge in [0.25, 0.3) is 0 Å². The maximum atomic E-state index is 13.7. The van der Waals surface area contributed by atoms with Crippen molar-refractivity contribution in [1.82, 2.24) is 4.98 Å². The predicted octanol–water partition coefficient (Wildman–Crippen LogP) is 5.96. The number of nitrogens with zero attached hydrogens (tertiary/aromatic N) is 2. The summed E-state index contributed by atoms with van der Waals surface area (Å²) in [5.41, 5.74) is 0.776. The van der Waals surface area contributed by atoms with E-state index in [1.54, 1.807) is 24.3 Å². The third-order valence-electron chi connectivity index (χ3n) is 6.37. The smallest absolute Gasteiger partial charge is 0.236 e. The summed E-state index contributed by atoms with van der Waals surface area (Å²) >= 11 is 0. The van der Waals surface area contributed by atoms with Crippen LogP contribution in [0, 0.1) is 5.92 Å². The van der Waals surface area contributed by atoms with Crippen molar-refractivity contribution < 1.29 is 17.6 Å². The Morgan fingerprint density at radius 1 is 1.00 bits per heavy atom. The zero-order chi connectivity index (χ0) is 23.7. The molecule has 1 fully saturated rings. The quantitative estimate of drug-likeness (QED) is 0.342. The Hall–Kier alpha value is -3.32. The molecule has 2 heterocycles. The first kappa shape index (κ1) is 22.5. The molecule has 0 saturated carbocycles. The summed E-state index contributed by atoms with van der Waals surface area (Å²) in [7, 11) is -3.91.